The average Bonchev–Trinajstić information content (AvgIpc) is 2.96. The molecule has 4 rings (SSSR count). The van der Waals surface area contributed by atoms with Gasteiger partial charge < -0.3 is 4.90 Å². The van der Waals surface area contributed by atoms with E-state index in [-0.39, 0.29) is 0 Å². The zero-order valence-electron chi connectivity index (χ0n) is 21.9. The Balaban J connectivity index is 1.57. The van der Waals surface area contributed by atoms with E-state index in [0.29, 0.717) is 22.8 Å². The lowest BCUT2D eigenvalue weighted by Gasteiger charge is -2.64. The number of fused-ring (bicyclic) bond motifs is 5. The summed E-state index contributed by atoms with van der Waals surface area (Å²) in [6, 6.07) is 0.471. The van der Waals surface area contributed by atoms with Crippen molar-refractivity contribution in [1.82, 2.24) is 4.90 Å². The van der Waals surface area contributed by atoms with E-state index in [9.17, 15) is 4.79 Å². The largest absolute Gasteiger partial charge is 0.342 e. The highest BCUT2D eigenvalue weighted by molar-refractivity contribution is 5.77. The summed E-state index contributed by atoms with van der Waals surface area (Å²) >= 11 is 0. The highest BCUT2D eigenvalue weighted by Gasteiger charge is 2.64. The fourth-order valence-corrected chi connectivity index (χ4v) is 10.1. The van der Waals surface area contributed by atoms with E-state index in [1.54, 1.807) is 0 Å². The van der Waals surface area contributed by atoms with Crippen LogP contribution in [0, 0.1) is 58.2 Å². The van der Waals surface area contributed by atoms with E-state index in [1.807, 2.05) is 0 Å². The van der Waals surface area contributed by atoms with Crippen LogP contribution in [0.1, 0.15) is 106 Å². The van der Waals surface area contributed by atoms with Gasteiger partial charge in [0.05, 0.1) is 0 Å². The van der Waals surface area contributed by atoms with Gasteiger partial charge in [-0.05, 0) is 90.3 Å². The third kappa shape index (κ3) is 3.71. The van der Waals surface area contributed by atoms with Crippen LogP contribution in [0.15, 0.2) is 0 Å². The van der Waals surface area contributed by atoms with Gasteiger partial charge in [-0.25, -0.2) is 0 Å². The minimum atomic E-state index is 0.339. The summed E-state index contributed by atoms with van der Waals surface area (Å²) in [4.78, 5) is 14.7. The molecular formula is C29H51NO. The molecule has 3 aliphatic carbocycles. The number of amides is 1. The van der Waals surface area contributed by atoms with E-state index >= 15 is 0 Å². The van der Waals surface area contributed by atoms with Gasteiger partial charge >= 0.3 is 0 Å². The third-order valence-corrected chi connectivity index (χ3v) is 11.4. The van der Waals surface area contributed by atoms with Crippen molar-refractivity contribution in [2.45, 2.75) is 112 Å². The molecule has 1 heterocycles. The number of carbonyl (C=O) groups is 1. The Bertz CT molecular complexity index is 672. The van der Waals surface area contributed by atoms with Crippen LogP contribution < -0.4 is 0 Å². The van der Waals surface area contributed by atoms with Crippen molar-refractivity contribution < 1.29 is 4.79 Å². The first-order valence-corrected chi connectivity index (χ1v) is 13.8. The van der Waals surface area contributed by atoms with Crippen LogP contribution in [0.5, 0.6) is 0 Å². The number of nitrogens with zero attached hydrogens (tertiary/aromatic N) is 1. The highest BCUT2D eigenvalue weighted by Crippen LogP contribution is 2.69. The molecule has 178 valence electrons. The zero-order valence-corrected chi connectivity index (χ0v) is 21.9. The van der Waals surface area contributed by atoms with Gasteiger partial charge in [0.15, 0.2) is 0 Å². The van der Waals surface area contributed by atoms with Crippen molar-refractivity contribution in [3.63, 3.8) is 0 Å². The van der Waals surface area contributed by atoms with Crippen molar-refractivity contribution in [2.24, 2.45) is 58.2 Å². The Morgan fingerprint density at radius 3 is 2.35 bits per heavy atom. The van der Waals surface area contributed by atoms with Gasteiger partial charge in [-0.3, -0.25) is 4.79 Å². The predicted octanol–water partition coefficient (Wildman–Crippen LogP) is 7.42. The number of hydrogen-bond donors (Lipinski definition) is 0. The topological polar surface area (TPSA) is 20.3 Å². The number of rotatable bonds is 5. The van der Waals surface area contributed by atoms with Crippen LogP contribution in [-0.4, -0.2) is 23.9 Å². The molecule has 0 bridgehead atoms. The summed E-state index contributed by atoms with van der Waals surface area (Å²) in [5.74, 6) is 7.20. The second kappa shape index (κ2) is 8.35. The summed E-state index contributed by atoms with van der Waals surface area (Å²) in [7, 11) is 2.09. The molecule has 0 aromatic rings. The van der Waals surface area contributed by atoms with Crippen LogP contribution in [0.4, 0.5) is 0 Å². The SMILES string of the molecule is CC(C)CCC[C@@H](C)[C@H]1C(C)C[C@H]2[C@@H]3C(C)CC4N(C)C(=O)CC[C@]4(C)[C@H]3CC[C@]12C. The minimum absolute atomic E-state index is 0.339. The summed E-state index contributed by atoms with van der Waals surface area (Å²) in [5, 5.41) is 0. The van der Waals surface area contributed by atoms with Gasteiger partial charge in [-0.1, -0.05) is 67.7 Å². The highest BCUT2D eigenvalue weighted by atomic mass is 16.2. The summed E-state index contributed by atoms with van der Waals surface area (Å²) in [6.45, 7) is 17.7. The molecule has 0 aromatic heterocycles. The van der Waals surface area contributed by atoms with Crippen molar-refractivity contribution in [3.05, 3.63) is 0 Å². The van der Waals surface area contributed by atoms with E-state index < -0.39 is 0 Å². The van der Waals surface area contributed by atoms with Crippen molar-refractivity contribution in [1.29, 1.82) is 0 Å². The fourth-order valence-electron chi connectivity index (χ4n) is 10.1. The normalized spacial score (nSPS) is 48.4. The van der Waals surface area contributed by atoms with Crippen LogP contribution in [0.2, 0.25) is 0 Å². The molecule has 3 unspecified atom stereocenters. The van der Waals surface area contributed by atoms with Gasteiger partial charge in [0.1, 0.15) is 0 Å². The molecule has 2 nitrogen and oxygen atoms in total. The first kappa shape index (κ1) is 23.6. The Labute approximate surface area is 193 Å². The standard InChI is InChI=1S/C29H51NO/c1-18(2)10-9-11-19(3)27-21(5)16-23-26-20(4)17-24-28(6,15-13-25(31)30(24)8)22(26)12-14-29(23,27)7/h18-24,26-27H,9-17H2,1-8H3/t19-,20?,21?,22+,23+,24?,26-,27+,28-,29+/m1/s1. The fraction of sp³-hybridized carbons (Fsp3) is 0.966. The Morgan fingerprint density at radius 1 is 0.968 bits per heavy atom. The smallest absolute Gasteiger partial charge is 0.222 e. The van der Waals surface area contributed by atoms with Crippen LogP contribution >= 0.6 is 0 Å². The van der Waals surface area contributed by atoms with E-state index in [1.165, 1.54) is 44.9 Å². The third-order valence-electron chi connectivity index (χ3n) is 11.4. The van der Waals surface area contributed by atoms with Gasteiger partial charge in [0.2, 0.25) is 5.91 Å². The van der Waals surface area contributed by atoms with Crippen LogP contribution in [-0.2, 0) is 4.79 Å². The van der Waals surface area contributed by atoms with E-state index in [2.05, 4.69) is 60.4 Å². The first-order valence-electron chi connectivity index (χ1n) is 13.8. The predicted molar refractivity (Wildman–Crippen MR) is 131 cm³/mol. The maximum absolute atomic E-state index is 12.5. The molecule has 3 saturated carbocycles. The lowest BCUT2D eigenvalue weighted by atomic mass is 9.44. The molecule has 0 spiro atoms. The first-order chi connectivity index (χ1) is 14.5. The molecule has 2 heteroatoms. The monoisotopic (exact) mass is 429 g/mol. The molecule has 1 amide bonds. The van der Waals surface area contributed by atoms with Gasteiger partial charge in [-0.2, -0.15) is 0 Å². The summed E-state index contributed by atoms with van der Waals surface area (Å²) in [6.07, 6.45) is 11.6. The van der Waals surface area contributed by atoms with E-state index in [4.69, 9.17) is 0 Å². The Morgan fingerprint density at radius 2 is 1.68 bits per heavy atom. The van der Waals surface area contributed by atoms with Crippen LogP contribution in [0.25, 0.3) is 0 Å². The zero-order chi connectivity index (χ0) is 22.7. The average molecular weight is 430 g/mol. The summed E-state index contributed by atoms with van der Waals surface area (Å²) < 4.78 is 0. The molecule has 31 heavy (non-hydrogen) atoms. The molecule has 0 radical (unpaired) electrons. The lowest BCUT2D eigenvalue weighted by Crippen LogP contribution is -2.63. The number of hydrogen-bond acceptors (Lipinski definition) is 1. The number of likely N-dealkylation sites (tertiary alicyclic amines) is 1. The molecule has 10 atom stereocenters. The van der Waals surface area contributed by atoms with Crippen molar-refractivity contribution >= 4 is 5.91 Å². The van der Waals surface area contributed by atoms with Gasteiger partial charge in [-0.15, -0.1) is 0 Å². The number of carbonyl (C=O) groups excluding carboxylic acids is 1. The molecule has 4 aliphatic rings. The van der Waals surface area contributed by atoms with Crippen molar-refractivity contribution in [3.8, 4) is 0 Å². The Kier molecular flexibility index (Phi) is 6.37. The molecular weight excluding hydrogens is 378 g/mol. The molecule has 1 saturated heterocycles. The van der Waals surface area contributed by atoms with Gasteiger partial charge in [0, 0.05) is 19.5 Å². The lowest BCUT2D eigenvalue weighted by molar-refractivity contribution is -0.167. The maximum atomic E-state index is 12.5. The Hall–Kier alpha value is -0.530. The molecule has 1 aliphatic heterocycles. The number of piperidine rings is 1. The minimum Gasteiger partial charge on any atom is -0.342 e. The van der Waals surface area contributed by atoms with Crippen molar-refractivity contribution in [2.75, 3.05) is 7.05 Å². The molecule has 4 fully saturated rings. The van der Waals surface area contributed by atoms with E-state index in [0.717, 1.165) is 60.2 Å². The second-order valence-electron chi connectivity index (χ2n) is 13.6. The van der Waals surface area contributed by atoms with Gasteiger partial charge in [0.25, 0.3) is 0 Å². The second-order valence-corrected chi connectivity index (χ2v) is 13.6. The molecule has 0 aromatic carbocycles. The van der Waals surface area contributed by atoms with Crippen LogP contribution in [0.3, 0.4) is 0 Å². The maximum Gasteiger partial charge on any atom is 0.222 e. The summed E-state index contributed by atoms with van der Waals surface area (Å²) in [5.41, 5.74) is 0.872. The quantitative estimate of drug-likeness (QED) is 0.445. The molecule has 0 N–H and O–H groups in total.